The van der Waals surface area contributed by atoms with Gasteiger partial charge in [0.05, 0.1) is 25.6 Å². The summed E-state index contributed by atoms with van der Waals surface area (Å²) >= 11 is 0. The lowest BCUT2D eigenvalue weighted by atomic mass is 10.1. The molecular formula is C28H38N4O4. The second-order valence-electron chi connectivity index (χ2n) is 8.15. The van der Waals surface area contributed by atoms with Gasteiger partial charge in [0.1, 0.15) is 11.5 Å². The van der Waals surface area contributed by atoms with E-state index in [1.54, 1.807) is 12.4 Å². The molecule has 194 valence electrons. The quantitative estimate of drug-likeness (QED) is 0.179. The van der Waals surface area contributed by atoms with E-state index < -0.39 is 0 Å². The maximum Gasteiger partial charge on any atom is 0.240 e. The lowest BCUT2D eigenvalue weighted by molar-refractivity contribution is -0.122. The first-order valence-corrected chi connectivity index (χ1v) is 12.7. The van der Waals surface area contributed by atoms with Gasteiger partial charge in [0.25, 0.3) is 0 Å². The summed E-state index contributed by atoms with van der Waals surface area (Å²) < 4.78 is 11.1. The minimum absolute atomic E-state index is 0.0961. The molecule has 0 unspecified atom stereocenters. The van der Waals surface area contributed by atoms with Crippen molar-refractivity contribution in [3.05, 3.63) is 59.7 Å². The molecule has 0 saturated carbocycles. The number of hydrogen-bond acceptors (Lipinski definition) is 6. The molecule has 0 aliphatic rings. The topological polar surface area (TPSA) is 101 Å². The third-order valence-corrected chi connectivity index (χ3v) is 5.28. The normalized spacial score (nSPS) is 11.1. The van der Waals surface area contributed by atoms with Gasteiger partial charge in [-0.1, -0.05) is 49.9 Å². The summed E-state index contributed by atoms with van der Waals surface area (Å²) in [6.07, 6.45) is 9.73. The molecule has 0 heterocycles. The smallest absolute Gasteiger partial charge is 0.240 e. The largest absolute Gasteiger partial charge is 0.493 e. The zero-order valence-electron chi connectivity index (χ0n) is 21.4. The monoisotopic (exact) mass is 494 g/mol. The van der Waals surface area contributed by atoms with E-state index in [1.807, 2.05) is 62.4 Å². The molecule has 2 amide bonds. The first kappa shape index (κ1) is 28.6. The van der Waals surface area contributed by atoms with Crippen molar-refractivity contribution >= 4 is 24.2 Å². The van der Waals surface area contributed by atoms with Gasteiger partial charge >= 0.3 is 0 Å². The van der Waals surface area contributed by atoms with E-state index in [4.69, 9.17) is 9.47 Å². The van der Waals surface area contributed by atoms with Crippen LogP contribution in [0.3, 0.4) is 0 Å². The number of rotatable bonds is 17. The highest BCUT2D eigenvalue weighted by Gasteiger charge is 2.03. The minimum atomic E-state index is -0.0961. The average Bonchev–Trinajstić information content (AvgIpc) is 2.88. The summed E-state index contributed by atoms with van der Waals surface area (Å²) in [4.78, 5) is 23.9. The Morgan fingerprint density at radius 3 is 1.47 bits per heavy atom. The number of nitrogens with zero attached hydrogens (tertiary/aromatic N) is 2. The molecule has 2 aromatic carbocycles. The van der Waals surface area contributed by atoms with Gasteiger partial charge in [0.15, 0.2) is 0 Å². The summed E-state index contributed by atoms with van der Waals surface area (Å²) in [7, 11) is 0. The Morgan fingerprint density at radius 2 is 1.06 bits per heavy atom. The van der Waals surface area contributed by atoms with Gasteiger partial charge in [-0.15, -0.1) is 0 Å². The van der Waals surface area contributed by atoms with Gasteiger partial charge in [0, 0.05) is 24.0 Å². The molecule has 0 atom stereocenters. The number of carbonyl (C=O) groups is 2. The number of para-hydroxylation sites is 2. The van der Waals surface area contributed by atoms with Crippen molar-refractivity contribution in [2.75, 3.05) is 13.2 Å². The van der Waals surface area contributed by atoms with Crippen molar-refractivity contribution < 1.29 is 19.1 Å². The number of ether oxygens (including phenoxy) is 2. The maximum atomic E-state index is 12.0. The Morgan fingerprint density at radius 1 is 0.667 bits per heavy atom. The van der Waals surface area contributed by atoms with Crippen LogP contribution in [0.4, 0.5) is 0 Å². The zero-order chi connectivity index (χ0) is 25.8. The minimum Gasteiger partial charge on any atom is -0.493 e. The van der Waals surface area contributed by atoms with Crippen molar-refractivity contribution in [3.8, 4) is 11.5 Å². The summed E-state index contributed by atoms with van der Waals surface area (Å²) in [5, 5.41) is 8.07. The number of amides is 2. The van der Waals surface area contributed by atoms with Crippen molar-refractivity contribution in [1.82, 2.24) is 10.9 Å². The van der Waals surface area contributed by atoms with Crippen LogP contribution in [-0.2, 0) is 9.59 Å². The molecule has 0 aliphatic carbocycles. The van der Waals surface area contributed by atoms with E-state index in [2.05, 4.69) is 21.1 Å². The molecule has 0 spiro atoms. The van der Waals surface area contributed by atoms with Crippen LogP contribution in [0, 0.1) is 0 Å². The van der Waals surface area contributed by atoms with Gasteiger partial charge in [-0.25, -0.2) is 10.9 Å². The first-order valence-electron chi connectivity index (χ1n) is 12.7. The molecule has 2 aromatic rings. The molecule has 8 nitrogen and oxygen atoms in total. The average molecular weight is 495 g/mol. The number of unbranched alkanes of at least 4 members (excludes halogenated alkanes) is 5. The molecule has 0 aliphatic heterocycles. The molecule has 0 fully saturated rings. The predicted molar refractivity (Wildman–Crippen MR) is 144 cm³/mol. The van der Waals surface area contributed by atoms with Gasteiger partial charge in [-0.05, 0) is 51.0 Å². The van der Waals surface area contributed by atoms with Crippen LogP contribution < -0.4 is 20.3 Å². The summed E-state index contributed by atoms with van der Waals surface area (Å²) in [6, 6.07) is 15.1. The molecule has 8 heteroatoms. The Bertz CT molecular complexity index is 912. The second-order valence-corrected chi connectivity index (χ2v) is 8.15. The highest BCUT2D eigenvalue weighted by Crippen LogP contribution is 2.16. The van der Waals surface area contributed by atoms with Crippen molar-refractivity contribution in [1.29, 1.82) is 0 Å². The van der Waals surface area contributed by atoms with Crippen LogP contribution in [0.1, 0.15) is 76.3 Å². The molecule has 0 aromatic heterocycles. The highest BCUT2D eigenvalue weighted by atomic mass is 16.5. The van der Waals surface area contributed by atoms with E-state index in [-0.39, 0.29) is 11.8 Å². The maximum absolute atomic E-state index is 12.0. The first-order chi connectivity index (χ1) is 17.6. The number of nitrogens with one attached hydrogen (secondary N) is 2. The third-order valence-electron chi connectivity index (χ3n) is 5.28. The zero-order valence-corrected chi connectivity index (χ0v) is 21.4. The number of hydrogen-bond donors (Lipinski definition) is 2. The van der Waals surface area contributed by atoms with Crippen LogP contribution in [0.5, 0.6) is 11.5 Å². The van der Waals surface area contributed by atoms with Crippen molar-refractivity contribution in [3.63, 3.8) is 0 Å². The van der Waals surface area contributed by atoms with E-state index in [0.29, 0.717) is 26.1 Å². The standard InChI is InChI=1S/C28H38N4O4/c1-3-35-25-17-13-11-15-23(25)21-29-31-27(33)19-9-7-5-6-8-10-20-28(34)32-30-22-24-16-12-14-18-26(24)36-4-2/h11-18,21-22H,3-10,19-20H2,1-2H3,(H,31,33)(H,32,34). The van der Waals surface area contributed by atoms with Gasteiger partial charge < -0.3 is 9.47 Å². The number of hydrazone groups is 2. The second kappa shape index (κ2) is 17.7. The van der Waals surface area contributed by atoms with Gasteiger partial charge in [0.2, 0.25) is 11.8 Å². The lowest BCUT2D eigenvalue weighted by Crippen LogP contribution is -2.17. The molecule has 2 N–H and O–H groups in total. The lowest BCUT2D eigenvalue weighted by Gasteiger charge is -2.06. The Kier molecular flexibility index (Phi) is 14.0. The van der Waals surface area contributed by atoms with Crippen molar-refractivity contribution in [2.24, 2.45) is 10.2 Å². The molecule has 0 bridgehead atoms. The number of carbonyl (C=O) groups excluding carboxylic acids is 2. The summed E-state index contributed by atoms with van der Waals surface area (Å²) in [5.74, 6) is 1.29. The fourth-order valence-electron chi connectivity index (χ4n) is 3.49. The molecule has 36 heavy (non-hydrogen) atoms. The van der Waals surface area contributed by atoms with Crippen LogP contribution in [0.25, 0.3) is 0 Å². The van der Waals surface area contributed by atoms with E-state index in [9.17, 15) is 9.59 Å². The summed E-state index contributed by atoms with van der Waals surface area (Å²) in [6.45, 7) is 5.00. The Balaban J connectivity index is 1.50. The van der Waals surface area contributed by atoms with Gasteiger partial charge in [-0.3, -0.25) is 9.59 Å². The van der Waals surface area contributed by atoms with E-state index in [1.165, 1.54) is 0 Å². The summed E-state index contributed by atoms with van der Waals surface area (Å²) in [5.41, 5.74) is 6.80. The SMILES string of the molecule is CCOc1ccccc1C=NNC(=O)CCCCCCCCC(=O)NN=Cc1ccccc1OCC. The Labute approximate surface area is 214 Å². The van der Waals surface area contributed by atoms with Crippen LogP contribution >= 0.6 is 0 Å². The van der Waals surface area contributed by atoms with Gasteiger partial charge in [-0.2, -0.15) is 10.2 Å². The van der Waals surface area contributed by atoms with Crippen LogP contribution in [-0.4, -0.2) is 37.5 Å². The Hall–Kier alpha value is -3.68. The van der Waals surface area contributed by atoms with Crippen LogP contribution in [0.2, 0.25) is 0 Å². The van der Waals surface area contributed by atoms with E-state index >= 15 is 0 Å². The highest BCUT2D eigenvalue weighted by molar-refractivity contribution is 5.85. The molecule has 0 saturated heterocycles. The fraction of sp³-hybridized carbons (Fsp3) is 0.429. The van der Waals surface area contributed by atoms with E-state index in [0.717, 1.165) is 61.2 Å². The molecular weight excluding hydrogens is 456 g/mol. The molecule has 0 radical (unpaired) electrons. The number of benzene rings is 2. The predicted octanol–water partition coefficient (Wildman–Crippen LogP) is 5.21. The van der Waals surface area contributed by atoms with Crippen molar-refractivity contribution in [2.45, 2.75) is 65.2 Å². The van der Waals surface area contributed by atoms with Crippen LogP contribution in [0.15, 0.2) is 58.7 Å². The third kappa shape index (κ3) is 11.6. The molecule has 2 rings (SSSR count). The fourth-order valence-corrected chi connectivity index (χ4v) is 3.49.